The Morgan fingerprint density at radius 3 is 3.38 bits per heavy atom. The molecule has 0 spiro atoms. The van der Waals surface area contributed by atoms with Gasteiger partial charge in [0.2, 0.25) is 0 Å². The molecule has 0 N–H and O–H groups in total. The van der Waals surface area contributed by atoms with E-state index in [-0.39, 0.29) is 6.54 Å². The molecule has 0 bridgehead atoms. The highest BCUT2D eigenvalue weighted by molar-refractivity contribution is 7.14. The van der Waals surface area contributed by atoms with Crippen LogP contribution in [0.15, 0.2) is 16.4 Å². The van der Waals surface area contributed by atoms with E-state index >= 15 is 0 Å². The van der Waals surface area contributed by atoms with Gasteiger partial charge < -0.3 is 9.85 Å². The van der Waals surface area contributed by atoms with Gasteiger partial charge in [0.05, 0.1) is 0 Å². The number of quaternary nitrogens is 1. The van der Waals surface area contributed by atoms with Crippen LogP contribution in [0.3, 0.4) is 0 Å². The van der Waals surface area contributed by atoms with Gasteiger partial charge in [-0.2, -0.15) is 4.99 Å². The summed E-state index contributed by atoms with van der Waals surface area (Å²) in [6, 6.07) is 1.93. The molecule has 0 saturated carbocycles. The van der Waals surface area contributed by atoms with Gasteiger partial charge in [0, 0.05) is 5.56 Å². The van der Waals surface area contributed by atoms with Crippen molar-refractivity contribution in [2.75, 3.05) is 6.54 Å². The lowest BCUT2D eigenvalue weighted by molar-refractivity contribution is -0.789. The van der Waals surface area contributed by atoms with Crippen LogP contribution in [0.25, 0.3) is 0 Å². The summed E-state index contributed by atoms with van der Waals surface area (Å²) in [7, 11) is 0. The zero-order chi connectivity index (χ0) is 9.31. The second kappa shape index (κ2) is 2.96. The molecule has 13 heavy (non-hydrogen) atoms. The molecule has 0 saturated heterocycles. The van der Waals surface area contributed by atoms with E-state index in [0.717, 1.165) is 10.6 Å². The first kappa shape index (κ1) is 8.45. The fourth-order valence-corrected chi connectivity index (χ4v) is 2.05. The summed E-state index contributed by atoms with van der Waals surface area (Å²) in [6.45, 7) is 0.561. The minimum absolute atomic E-state index is 0.152. The third kappa shape index (κ3) is 1.49. The highest BCUT2D eigenvalue weighted by atomic mass is 32.1. The Labute approximate surface area is 80.5 Å². The highest BCUT2D eigenvalue weighted by Crippen LogP contribution is 2.32. The van der Waals surface area contributed by atoms with Crippen LogP contribution >= 0.6 is 11.3 Å². The van der Waals surface area contributed by atoms with E-state index in [2.05, 4.69) is 10.9 Å². The standard InChI is InChI=1S/C9H8N2OS/c1-2-4-11(12)6-8-3-5-13-9(8)10-7-11/h1,3,5,7H,4,6H2. The number of nitrogens with zero attached hydrogens (tertiary/aromatic N) is 2. The SMILES string of the molecule is C#CC[N+]1([O-])C=Nc2sccc2C1. The molecule has 4 heteroatoms. The van der Waals surface area contributed by atoms with E-state index in [4.69, 9.17) is 6.42 Å². The van der Waals surface area contributed by atoms with Gasteiger partial charge in [-0.3, -0.25) is 0 Å². The number of hydroxylamine groups is 3. The molecular formula is C9H8N2OS. The molecule has 1 aromatic heterocycles. The van der Waals surface area contributed by atoms with Crippen molar-refractivity contribution in [3.63, 3.8) is 0 Å². The summed E-state index contributed by atoms with van der Waals surface area (Å²) in [4.78, 5) is 4.08. The van der Waals surface area contributed by atoms with E-state index in [1.807, 2.05) is 11.4 Å². The summed E-state index contributed by atoms with van der Waals surface area (Å²) >= 11 is 1.55. The molecule has 1 aliphatic heterocycles. The largest absolute Gasteiger partial charge is 0.626 e. The Kier molecular flexibility index (Phi) is 1.93. The average Bonchev–Trinajstić information content (AvgIpc) is 2.50. The van der Waals surface area contributed by atoms with Gasteiger partial charge in [-0.25, -0.2) is 0 Å². The summed E-state index contributed by atoms with van der Waals surface area (Å²) in [5.41, 5.74) is 0.998. The number of aliphatic imine (C=N–C) groups is 1. The lowest BCUT2D eigenvalue weighted by atomic mass is 10.2. The van der Waals surface area contributed by atoms with Crippen LogP contribution in [-0.4, -0.2) is 17.5 Å². The smallest absolute Gasteiger partial charge is 0.192 e. The molecule has 2 heterocycles. The van der Waals surface area contributed by atoms with Gasteiger partial charge in [0.15, 0.2) is 6.34 Å². The van der Waals surface area contributed by atoms with Crippen molar-refractivity contribution >= 4 is 22.7 Å². The maximum Gasteiger partial charge on any atom is 0.192 e. The summed E-state index contributed by atoms with van der Waals surface area (Å²) in [6.07, 6.45) is 6.50. The van der Waals surface area contributed by atoms with Crippen LogP contribution in [0.2, 0.25) is 0 Å². The number of rotatable bonds is 1. The summed E-state index contributed by atoms with van der Waals surface area (Å²) in [5, 5.41) is 14.7. The molecule has 0 radical (unpaired) electrons. The third-order valence-corrected chi connectivity index (χ3v) is 2.77. The van der Waals surface area contributed by atoms with Crippen LogP contribution in [-0.2, 0) is 6.54 Å². The maximum atomic E-state index is 11.8. The minimum atomic E-state index is -0.528. The number of hydrogen-bond acceptors (Lipinski definition) is 3. The van der Waals surface area contributed by atoms with Crippen molar-refractivity contribution in [2.45, 2.75) is 6.54 Å². The lowest BCUT2D eigenvalue weighted by Crippen LogP contribution is -2.41. The van der Waals surface area contributed by atoms with E-state index in [0.29, 0.717) is 6.54 Å². The van der Waals surface area contributed by atoms with Crippen LogP contribution in [0.1, 0.15) is 5.56 Å². The molecule has 0 aliphatic carbocycles. The zero-order valence-corrected chi connectivity index (χ0v) is 7.75. The Morgan fingerprint density at radius 2 is 2.62 bits per heavy atom. The van der Waals surface area contributed by atoms with E-state index in [1.54, 1.807) is 11.3 Å². The first-order valence-electron chi connectivity index (χ1n) is 3.86. The Hall–Kier alpha value is -1.15. The van der Waals surface area contributed by atoms with E-state index in [9.17, 15) is 5.21 Å². The quantitative estimate of drug-likeness (QED) is 0.380. The molecule has 0 fully saturated rings. The topological polar surface area (TPSA) is 35.4 Å². The molecular weight excluding hydrogens is 184 g/mol. The number of fused-ring (bicyclic) bond motifs is 1. The normalized spacial score (nSPS) is 25.2. The lowest BCUT2D eigenvalue weighted by Gasteiger charge is -2.37. The molecule has 0 aromatic carbocycles. The van der Waals surface area contributed by atoms with Crippen molar-refractivity contribution < 1.29 is 4.65 Å². The zero-order valence-electron chi connectivity index (χ0n) is 6.93. The van der Waals surface area contributed by atoms with Gasteiger partial charge in [-0.15, -0.1) is 17.8 Å². The molecule has 1 unspecified atom stereocenters. The van der Waals surface area contributed by atoms with E-state index < -0.39 is 4.65 Å². The van der Waals surface area contributed by atoms with Gasteiger partial charge in [0.25, 0.3) is 0 Å². The number of hydrogen-bond donors (Lipinski definition) is 0. The summed E-state index contributed by atoms with van der Waals surface area (Å²) in [5.74, 6) is 2.37. The molecule has 1 atom stereocenters. The fraction of sp³-hybridized carbons (Fsp3) is 0.222. The number of thiophene rings is 1. The van der Waals surface area contributed by atoms with Crippen molar-refractivity contribution in [3.05, 3.63) is 22.2 Å². The predicted molar refractivity (Wildman–Crippen MR) is 53.5 cm³/mol. The van der Waals surface area contributed by atoms with Crippen molar-refractivity contribution in [3.8, 4) is 12.3 Å². The van der Waals surface area contributed by atoms with Crippen LogP contribution < -0.4 is 0 Å². The van der Waals surface area contributed by atoms with Crippen molar-refractivity contribution in [1.29, 1.82) is 0 Å². The minimum Gasteiger partial charge on any atom is -0.626 e. The fourth-order valence-electron chi connectivity index (χ4n) is 1.30. The second-order valence-corrected chi connectivity index (χ2v) is 3.86. The molecule has 2 rings (SSSR count). The molecule has 1 aliphatic rings. The van der Waals surface area contributed by atoms with Crippen molar-refractivity contribution in [2.24, 2.45) is 4.99 Å². The summed E-state index contributed by atoms with van der Waals surface area (Å²) < 4.78 is -0.528. The average molecular weight is 192 g/mol. The van der Waals surface area contributed by atoms with Crippen molar-refractivity contribution in [1.82, 2.24) is 0 Å². The first-order valence-corrected chi connectivity index (χ1v) is 4.74. The number of terminal acetylenes is 1. The third-order valence-electron chi connectivity index (χ3n) is 1.91. The molecule has 0 amide bonds. The molecule has 3 nitrogen and oxygen atoms in total. The highest BCUT2D eigenvalue weighted by Gasteiger charge is 2.21. The van der Waals surface area contributed by atoms with Crippen LogP contribution in [0.5, 0.6) is 0 Å². The first-order chi connectivity index (χ1) is 6.23. The second-order valence-electron chi connectivity index (χ2n) is 2.97. The maximum absolute atomic E-state index is 11.8. The predicted octanol–water partition coefficient (Wildman–Crippen LogP) is 1.87. The Morgan fingerprint density at radius 1 is 1.77 bits per heavy atom. The van der Waals surface area contributed by atoms with Gasteiger partial charge in [-0.05, 0) is 17.4 Å². The van der Waals surface area contributed by atoms with Gasteiger partial charge in [-0.1, -0.05) is 0 Å². The Balaban J connectivity index is 2.30. The Bertz CT molecular complexity index is 391. The van der Waals surface area contributed by atoms with Crippen LogP contribution in [0.4, 0.5) is 5.00 Å². The van der Waals surface area contributed by atoms with Gasteiger partial charge in [0.1, 0.15) is 18.1 Å². The van der Waals surface area contributed by atoms with Gasteiger partial charge >= 0.3 is 0 Å². The monoisotopic (exact) mass is 192 g/mol. The van der Waals surface area contributed by atoms with E-state index in [1.165, 1.54) is 6.34 Å². The molecule has 1 aromatic rings. The van der Waals surface area contributed by atoms with Crippen LogP contribution in [0, 0.1) is 17.6 Å². The molecule has 66 valence electrons.